The topological polar surface area (TPSA) is 17.8 Å². The van der Waals surface area contributed by atoms with Crippen LogP contribution in [-0.2, 0) is 13.0 Å². The fourth-order valence-corrected chi connectivity index (χ4v) is 1.48. The van der Waals surface area contributed by atoms with Crippen LogP contribution in [0.3, 0.4) is 0 Å². The lowest BCUT2D eigenvalue weighted by Gasteiger charge is -2.02. The number of aromatic nitrogens is 2. The van der Waals surface area contributed by atoms with Crippen molar-refractivity contribution in [3.05, 3.63) is 53.6 Å². The van der Waals surface area contributed by atoms with Gasteiger partial charge < -0.3 is 0 Å². The Labute approximate surface area is 88.4 Å². The predicted octanol–water partition coefficient (Wildman–Crippen LogP) is 2.63. The van der Waals surface area contributed by atoms with E-state index < -0.39 is 0 Å². The summed E-state index contributed by atoms with van der Waals surface area (Å²) in [6.07, 6.45) is 4.73. The van der Waals surface area contributed by atoms with Crippen LogP contribution in [-0.4, -0.2) is 9.78 Å². The summed E-state index contributed by atoms with van der Waals surface area (Å²) < 4.78 is 15.1. The van der Waals surface area contributed by atoms with Crippen molar-refractivity contribution >= 4 is 0 Å². The molecule has 0 amide bonds. The van der Waals surface area contributed by atoms with Gasteiger partial charge in [0.1, 0.15) is 5.82 Å². The second-order valence-corrected chi connectivity index (χ2v) is 3.49. The molecule has 2 rings (SSSR count). The van der Waals surface area contributed by atoms with Crippen molar-refractivity contribution in [2.24, 2.45) is 0 Å². The fourth-order valence-electron chi connectivity index (χ4n) is 1.48. The number of rotatable bonds is 3. The van der Waals surface area contributed by atoms with E-state index in [-0.39, 0.29) is 5.82 Å². The van der Waals surface area contributed by atoms with Gasteiger partial charge in [-0.1, -0.05) is 25.1 Å². The van der Waals surface area contributed by atoms with E-state index in [1.807, 2.05) is 18.5 Å². The molecule has 0 bridgehead atoms. The van der Waals surface area contributed by atoms with Crippen LogP contribution in [0.5, 0.6) is 0 Å². The molecule has 1 aromatic heterocycles. The van der Waals surface area contributed by atoms with Gasteiger partial charge in [0.25, 0.3) is 0 Å². The Morgan fingerprint density at radius 1 is 1.33 bits per heavy atom. The van der Waals surface area contributed by atoms with Gasteiger partial charge in [0.2, 0.25) is 0 Å². The van der Waals surface area contributed by atoms with Crippen LogP contribution in [0.25, 0.3) is 0 Å². The van der Waals surface area contributed by atoms with Crippen molar-refractivity contribution < 1.29 is 4.39 Å². The van der Waals surface area contributed by atoms with Crippen LogP contribution in [0.15, 0.2) is 36.7 Å². The Hall–Kier alpha value is -1.64. The normalized spacial score (nSPS) is 10.5. The van der Waals surface area contributed by atoms with Crippen molar-refractivity contribution in [2.75, 3.05) is 0 Å². The van der Waals surface area contributed by atoms with Crippen LogP contribution in [0.4, 0.5) is 4.39 Å². The molecule has 15 heavy (non-hydrogen) atoms. The summed E-state index contributed by atoms with van der Waals surface area (Å²) >= 11 is 0. The molecular weight excluding hydrogens is 191 g/mol. The Bertz CT molecular complexity index is 448. The summed E-state index contributed by atoms with van der Waals surface area (Å²) in [6, 6.07) is 6.78. The average Bonchev–Trinajstić information content (AvgIpc) is 2.69. The van der Waals surface area contributed by atoms with Crippen LogP contribution in [0.1, 0.15) is 18.1 Å². The summed E-state index contributed by atoms with van der Waals surface area (Å²) in [6.45, 7) is 2.57. The molecule has 0 N–H and O–H groups in total. The number of aryl methyl sites for hydroxylation is 1. The molecule has 3 heteroatoms. The fraction of sp³-hybridized carbons (Fsp3) is 0.250. The molecule has 2 aromatic rings. The van der Waals surface area contributed by atoms with Gasteiger partial charge in [-0.05, 0) is 18.1 Å². The van der Waals surface area contributed by atoms with E-state index in [1.165, 1.54) is 11.6 Å². The second kappa shape index (κ2) is 4.26. The lowest BCUT2D eigenvalue weighted by atomic mass is 10.2. The number of benzene rings is 1. The molecule has 0 unspecified atom stereocenters. The first kappa shape index (κ1) is 9.90. The predicted molar refractivity (Wildman–Crippen MR) is 57.1 cm³/mol. The molecule has 1 heterocycles. The molecule has 78 valence electrons. The van der Waals surface area contributed by atoms with Gasteiger partial charge in [0.15, 0.2) is 0 Å². The maximum absolute atomic E-state index is 13.3. The van der Waals surface area contributed by atoms with E-state index in [4.69, 9.17) is 0 Å². The van der Waals surface area contributed by atoms with Crippen molar-refractivity contribution in [1.82, 2.24) is 9.78 Å². The van der Waals surface area contributed by atoms with E-state index in [9.17, 15) is 4.39 Å². The Morgan fingerprint density at radius 2 is 2.13 bits per heavy atom. The minimum atomic E-state index is -0.175. The number of hydrogen-bond donors (Lipinski definition) is 0. The minimum Gasteiger partial charge on any atom is -0.268 e. The molecule has 0 aliphatic carbocycles. The van der Waals surface area contributed by atoms with Crippen molar-refractivity contribution in [3.63, 3.8) is 0 Å². The monoisotopic (exact) mass is 204 g/mol. The van der Waals surface area contributed by atoms with E-state index in [0.717, 1.165) is 6.42 Å². The highest BCUT2D eigenvalue weighted by molar-refractivity contribution is 5.17. The molecule has 0 aliphatic heterocycles. The lowest BCUT2D eigenvalue weighted by molar-refractivity contribution is 0.585. The first-order chi connectivity index (χ1) is 7.29. The van der Waals surface area contributed by atoms with Gasteiger partial charge in [0, 0.05) is 11.8 Å². The molecule has 0 saturated carbocycles. The van der Waals surface area contributed by atoms with E-state index in [0.29, 0.717) is 12.1 Å². The van der Waals surface area contributed by atoms with E-state index in [2.05, 4.69) is 12.0 Å². The van der Waals surface area contributed by atoms with Crippen molar-refractivity contribution in [2.45, 2.75) is 19.9 Å². The largest absolute Gasteiger partial charge is 0.268 e. The molecule has 0 radical (unpaired) electrons. The third-order valence-corrected chi connectivity index (χ3v) is 2.39. The van der Waals surface area contributed by atoms with Gasteiger partial charge in [-0.3, -0.25) is 4.68 Å². The van der Waals surface area contributed by atoms with E-state index in [1.54, 1.807) is 16.8 Å². The van der Waals surface area contributed by atoms with Gasteiger partial charge >= 0.3 is 0 Å². The zero-order valence-corrected chi connectivity index (χ0v) is 8.65. The highest BCUT2D eigenvalue weighted by atomic mass is 19.1. The van der Waals surface area contributed by atoms with Crippen molar-refractivity contribution in [1.29, 1.82) is 0 Å². The summed E-state index contributed by atoms with van der Waals surface area (Å²) in [5, 5.41) is 4.17. The zero-order chi connectivity index (χ0) is 10.7. The van der Waals surface area contributed by atoms with Gasteiger partial charge in [0.05, 0.1) is 12.7 Å². The summed E-state index contributed by atoms with van der Waals surface area (Å²) in [5.41, 5.74) is 1.84. The van der Waals surface area contributed by atoms with Crippen LogP contribution in [0, 0.1) is 5.82 Å². The average molecular weight is 204 g/mol. The summed E-state index contributed by atoms with van der Waals surface area (Å²) in [7, 11) is 0. The SMILES string of the molecule is CCc1cnn(Cc2ccccc2F)c1. The van der Waals surface area contributed by atoms with Crippen LogP contribution >= 0.6 is 0 Å². The van der Waals surface area contributed by atoms with Gasteiger partial charge in [-0.2, -0.15) is 5.10 Å². The van der Waals surface area contributed by atoms with Crippen LogP contribution < -0.4 is 0 Å². The molecule has 0 aliphatic rings. The van der Waals surface area contributed by atoms with Gasteiger partial charge in [-0.15, -0.1) is 0 Å². The Balaban J connectivity index is 2.18. The third kappa shape index (κ3) is 2.24. The van der Waals surface area contributed by atoms with E-state index >= 15 is 0 Å². The quantitative estimate of drug-likeness (QED) is 0.751. The minimum absolute atomic E-state index is 0.175. The number of hydrogen-bond acceptors (Lipinski definition) is 1. The molecule has 2 nitrogen and oxygen atoms in total. The number of nitrogens with zero attached hydrogens (tertiary/aromatic N) is 2. The van der Waals surface area contributed by atoms with Gasteiger partial charge in [-0.25, -0.2) is 4.39 Å². The third-order valence-electron chi connectivity index (χ3n) is 2.39. The van der Waals surface area contributed by atoms with Crippen LogP contribution in [0.2, 0.25) is 0 Å². The standard InChI is InChI=1S/C12H13FN2/c1-2-10-7-14-15(8-10)9-11-5-3-4-6-12(11)13/h3-8H,2,9H2,1H3. The highest BCUT2D eigenvalue weighted by Crippen LogP contribution is 2.08. The molecule has 0 saturated heterocycles. The molecule has 1 aromatic carbocycles. The zero-order valence-electron chi connectivity index (χ0n) is 8.65. The first-order valence-electron chi connectivity index (χ1n) is 5.04. The Morgan fingerprint density at radius 3 is 2.80 bits per heavy atom. The molecule has 0 fully saturated rings. The summed E-state index contributed by atoms with van der Waals surface area (Å²) in [4.78, 5) is 0. The Kier molecular flexibility index (Phi) is 2.81. The summed E-state index contributed by atoms with van der Waals surface area (Å²) in [5.74, 6) is -0.175. The molecule has 0 atom stereocenters. The van der Waals surface area contributed by atoms with Crippen molar-refractivity contribution in [3.8, 4) is 0 Å². The second-order valence-electron chi connectivity index (χ2n) is 3.49. The highest BCUT2D eigenvalue weighted by Gasteiger charge is 2.02. The maximum atomic E-state index is 13.3. The first-order valence-corrected chi connectivity index (χ1v) is 5.04. The molecular formula is C12H13FN2. The maximum Gasteiger partial charge on any atom is 0.128 e. The lowest BCUT2D eigenvalue weighted by Crippen LogP contribution is -2.01. The smallest absolute Gasteiger partial charge is 0.128 e. The molecule has 0 spiro atoms. The number of halogens is 1.